The lowest BCUT2D eigenvalue weighted by Gasteiger charge is -2.33. The van der Waals surface area contributed by atoms with E-state index in [1.165, 1.54) is 16.4 Å². The molecule has 1 aliphatic heterocycles. The molecule has 0 aliphatic carbocycles. The quantitative estimate of drug-likeness (QED) is 0.664. The van der Waals surface area contributed by atoms with Crippen LogP contribution in [0.15, 0.2) is 21.5 Å². The zero-order chi connectivity index (χ0) is 15.1. The van der Waals surface area contributed by atoms with Crippen LogP contribution >= 0.6 is 50.7 Å². The molecule has 1 aromatic carbocycles. The summed E-state index contributed by atoms with van der Waals surface area (Å²) in [4.78, 5) is -0.0377. The molecular formula is C12H13BrCl3NO2S. The molecule has 3 nitrogen and oxygen atoms in total. The van der Waals surface area contributed by atoms with Crippen LogP contribution in [0.25, 0.3) is 0 Å². The van der Waals surface area contributed by atoms with Gasteiger partial charge in [0.15, 0.2) is 0 Å². The topological polar surface area (TPSA) is 37.4 Å². The highest BCUT2D eigenvalue weighted by atomic mass is 79.9. The van der Waals surface area contributed by atoms with Crippen molar-refractivity contribution in [1.29, 1.82) is 0 Å². The van der Waals surface area contributed by atoms with Gasteiger partial charge < -0.3 is 0 Å². The SMILES string of the molecule is CC1CN(S(=O)(=O)c2c(Cl)cc(Br)cc2Cl)CCC1Cl. The highest BCUT2D eigenvalue weighted by molar-refractivity contribution is 9.10. The summed E-state index contributed by atoms with van der Waals surface area (Å²) in [5.74, 6) is 0.0909. The van der Waals surface area contributed by atoms with Gasteiger partial charge in [0.1, 0.15) is 4.90 Å². The number of benzene rings is 1. The minimum absolute atomic E-state index is 0.00249. The highest BCUT2D eigenvalue weighted by Crippen LogP contribution is 2.36. The number of nitrogens with zero attached hydrogens (tertiary/aromatic N) is 1. The second-order valence-electron chi connectivity index (χ2n) is 4.84. The van der Waals surface area contributed by atoms with Gasteiger partial charge in [-0.05, 0) is 24.5 Å². The summed E-state index contributed by atoms with van der Waals surface area (Å²) in [5.41, 5.74) is 0. The minimum atomic E-state index is -3.71. The molecule has 20 heavy (non-hydrogen) atoms. The number of hydrogen-bond acceptors (Lipinski definition) is 2. The molecule has 8 heteroatoms. The molecule has 0 bridgehead atoms. The number of piperidine rings is 1. The summed E-state index contributed by atoms with van der Waals surface area (Å²) in [7, 11) is -3.71. The van der Waals surface area contributed by atoms with E-state index in [0.29, 0.717) is 24.0 Å². The zero-order valence-corrected chi connectivity index (χ0v) is 15.3. The molecule has 0 aromatic heterocycles. The van der Waals surface area contributed by atoms with E-state index in [1.807, 2.05) is 6.92 Å². The molecule has 1 aromatic rings. The molecule has 0 radical (unpaired) electrons. The molecule has 1 aliphatic rings. The van der Waals surface area contributed by atoms with Crippen molar-refractivity contribution in [2.24, 2.45) is 5.92 Å². The van der Waals surface area contributed by atoms with Gasteiger partial charge in [-0.2, -0.15) is 4.31 Å². The minimum Gasteiger partial charge on any atom is -0.207 e. The molecule has 1 fully saturated rings. The lowest BCUT2D eigenvalue weighted by Crippen LogP contribution is -2.43. The predicted octanol–water partition coefficient (Wildman–Crippen LogP) is 4.39. The average Bonchev–Trinajstić information content (AvgIpc) is 2.30. The maximum absolute atomic E-state index is 12.7. The van der Waals surface area contributed by atoms with Crippen molar-refractivity contribution in [3.8, 4) is 0 Å². The first-order valence-electron chi connectivity index (χ1n) is 6.02. The van der Waals surface area contributed by atoms with Crippen LogP contribution < -0.4 is 0 Å². The van der Waals surface area contributed by atoms with Crippen molar-refractivity contribution in [3.05, 3.63) is 26.7 Å². The standard InChI is InChI=1S/C12H13BrCl3NO2S/c1-7-6-17(3-2-9(7)14)20(18,19)12-10(15)4-8(13)5-11(12)16/h4-5,7,9H,2-3,6H2,1H3. The number of halogens is 4. The molecule has 0 amide bonds. The van der Waals surface area contributed by atoms with E-state index in [-0.39, 0.29) is 26.2 Å². The predicted molar refractivity (Wildman–Crippen MR) is 86.3 cm³/mol. The maximum Gasteiger partial charge on any atom is 0.246 e. The Bertz CT molecular complexity index is 600. The number of hydrogen-bond donors (Lipinski definition) is 0. The summed E-state index contributed by atoms with van der Waals surface area (Å²) < 4.78 is 27.4. The molecular weight excluding hydrogens is 408 g/mol. The van der Waals surface area contributed by atoms with E-state index in [1.54, 1.807) is 0 Å². The fourth-order valence-electron chi connectivity index (χ4n) is 2.20. The lowest BCUT2D eigenvalue weighted by molar-refractivity contribution is 0.286. The summed E-state index contributed by atoms with van der Waals surface area (Å²) >= 11 is 21.5. The highest BCUT2D eigenvalue weighted by Gasteiger charge is 2.35. The smallest absolute Gasteiger partial charge is 0.207 e. The van der Waals surface area contributed by atoms with Gasteiger partial charge in [0, 0.05) is 22.9 Å². The van der Waals surface area contributed by atoms with Crippen LogP contribution in [0.3, 0.4) is 0 Å². The van der Waals surface area contributed by atoms with Crippen molar-refractivity contribution in [2.45, 2.75) is 23.6 Å². The summed E-state index contributed by atoms with van der Waals surface area (Å²) in [6.45, 7) is 2.69. The molecule has 1 saturated heterocycles. The second kappa shape index (κ2) is 6.31. The Morgan fingerprint density at radius 2 is 1.85 bits per heavy atom. The van der Waals surface area contributed by atoms with E-state index >= 15 is 0 Å². The molecule has 0 saturated carbocycles. The van der Waals surface area contributed by atoms with Crippen molar-refractivity contribution in [3.63, 3.8) is 0 Å². The van der Waals surface area contributed by atoms with Gasteiger partial charge in [-0.1, -0.05) is 46.1 Å². The number of rotatable bonds is 2. The van der Waals surface area contributed by atoms with Crippen LogP contribution in [0.5, 0.6) is 0 Å². The largest absolute Gasteiger partial charge is 0.246 e. The van der Waals surface area contributed by atoms with Gasteiger partial charge >= 0.3 is 0 Å². The van der Waals surface area contributed by atoms with Crippen molar-refractivity contribution < 1.29 is 8.42 Å². The van der Waals surface area contributed by atoms with Crippen molar-refractivity contribution in [2.75, 3.05) is 13.1 Å². The Kier molecular flexibility index (Phi) is 5.31. The maximum atomic E-state index is 12.7. The second-order valence-corrected chi connectivity index (χ2v) is 9.01. The van der Waals surface area contributed by atoms with Gasteiger partial charge in [-0.15, -0.1) is 11.6 Å². The Hall–Kier alpha value is 0.480. The molecule has 2 unspecified atom stereocenters. The molecule has 0 N–H and O–H groups in total. The van der Waals surface area contributed by atoms with Crippen LogP contribution in [0, 0.1) is 5.92 Å². The monoisotopic (exact) mass is 419 g/mol. The van der Waals surface area contributed by atoms with Crippen LogP contribution in [-0.2, 0) is 10.0 Å². The van der Waals surface area contributed by atoms with Crippen LogP contribution in [0.1, 0.15) is 13.3 Å². The van der Waals surface area contributed by atoms with Crippen LogP contribution in [0.2, 0.25) is 10.0 Å². The van der Waals surface area contributed by atoms with E-state index in [4.69, 9.17) is 34.8 Å². The number of sulfonamides is 1. The van der Waals surface area contributed by atoms with E-state index in [2.05, 4.69) is 15.9 Å². The first-order valence-corrected chi connectivity index (χ1v) is 9.44. The molecule has 112 valence electrons. The average molecular weight is 422 g/mol. The summed E-state index contributed by atoms with van der Waals surface area (Å²) in [6.07, 6.45) is 0.619. The van der Waals surface area contributed by atoms with Crippen LogP contribution in [0.4, 0.5) is 0 Å². The fourth-order valence-corrected chi connectivity index (χ4v) is 5.82. The van der Waals surface area contributed by atoms with Gasteiger partial charge in [0.05, 0.1) is 10.0 Å². The summed E-state index contributed by atoms with van der Waals surface area (Å²) in [6, 6.07) is 3.05. The zero-order valence-electron chi connectivity index (χ0n) is 10.6. The van der Waals surface area contributed by atoms with E-state index < -0.39 is 10.0 Å². The normalized spacial score (nSPS) is 24.9. The van der Waals surface area contributed by atoms with Gasteiger partial charge in [0.25, 0.3) is 0 Å². The third-order valence-corrected chi connectivity index (χ3v) is 7.22. The lowest BCUT2D eigenvalue weighted by atomic mass is 10.0. The first-order chi connectivity index (χ1) is 9.23. The third kappa shape index (κ3) is 3.28. The van der Waals surface area contributed by atoms with Gasteiger partial charge in [-0.3, -0.25) is 0 Å². The summed E-state index contributed by atoms with van der Waals surface area (Å²) in [5, 5.41) is 0.229. The Balaban J connectivity index is 2.41. The van der Waals surface area contributed by atoms with Crippen LogP contribution in [-0.4, -0.2) is 31.2 Å². The number of alkyl halides is 1. The third-order valence-electron chi connectivity index (χ3n) is 3.32. The Labute approximate surface area is 142 Å². The molecule has 0 spiro atoms. The molecule has 2 rings (SSSR count). The Morgan fingerprint density at radius 1 is 1.30 bits per heavy atom. The van der Waals surface area contributed by atoms with Gasteiger partial charge in [-0.25, -0.2) is 8.42 Å². The van der Waals surface area contributed by atoms with Crippen molar-refractivity contribution in [1.82, 2.24) is 4.31 Å². The van der Waals surface area contributed by atoms with E-state index in [0.717, 1.165) is 0 Å². The van der Waals surface area contributed by atoms with E-state index in [9.17, 15) is 8.42 Å². The fraction of sp³-hybridized carbons (Fsp3) is 0.500. The van der Waals surface area contributed by atoms with Gasteiger partial charge in [0.2, 0.25) is 10.0 Å². The first kappa shape index (κ1) is 16.8. The Morgan fingerprint density at radius 3 is 2.35 bits per heavy atom. The molecule has 2 atom stereocenters. The van der Waals surface area contributed by atoms with Crippen molar-refractivity contribution >= 4 is 60.8 Å². The molecule has 1 heterocycles.